The highest BCUT2D eigenvalue weighted by molar-refractivity contribution is 7.91. The number of hydrogen-bond donors (Lipinski definition) is 2. The Hall–Kier alpha value is -1.31. The zero-order valence-electron chi connectivity index (χ0n) is 10.2. The summed E-state index contributed by atoms with van der Waals surface area (Å²) in [5, 5.41) is 12.8. The monoisotopic (exact) mass is 285 g/mol. The van der Waals surface area contributed by atoms with Crippen LogP contribution in [-0.4, -0.2) is 44.0 Å². The van der Waals surface area contributed by atoms with Crippen LogP contribution in [0.2, 0.25) is 0 Å². The topological polar surface area (TPSA) is 84.9 Å². The van der Waals surface area contributed by atoms with Gasteiger partial charge in [-0.25, -0.2) is 8.42 Å². The molecule has 1 saturated heterocycles. The van der Waals surface area contributed by atoms with Gasteiger partial charge in [-0.2, -0.15) is 0 Å². The number of ether oxygens (including phenoxy) is 2. The molecule has 2 unspecified atom stereocenters. The summed E-state index contributed by atoms with van der Waals surface area (Å²) in [5.41, 5.74) is 0.895. The molecule has 1 fully saturated rings. The van der Waals surface area contributed by atoms with Crippen LogP contribution in [0.4, 0.5) is 0 Å². The lowest BCUT2D eigenvalue weighted by Crippen LogP contribution is -2.38. The third kappa shape index (κ3) is 2.54. The fourth-order valence-corrected chi connectivity index (χ4v) is 4.17. The first-order valence-electron chi connectivity index (χ1n) is 6.04. The van der Waals surface area contributed by atoms with E-state index in [0.29, 0.717) is 18.0 Å². The van der Waals surface area contributed by atoms with E-state index >= 15 is 0 Å². The van der Waals surface area contributed by atoms with Crippen molar-refractivity contribution in [2.75, 3.05) is 18.3 Å². The molecular weight excluding hydrogens is 270 g/mol. The molecule has 2 aliphatic rings. The van der Waals surface area contributed by atoms with E-state index in [-0.39, 0.29) is 18.3 Å². The molecule has 2 aliphatic heterocycles. The fraction of sp³-hybridized carbons (Fsp3) is 0.500. The van der Waals surface area contributed by atoms with Gasteiger partial charge in [-0.05, 0) is 6.07 Å². The number of aliphatic hydroxyl groups is 1. The maximum Gasteiger partial charge on any atom is 0.231 e. The van der Waals surface area contributed by atoms with Crippen LogP contribution in [-0.2, 0) is 16.4 Å². The second-order valence-corrected chi connectivity index (χ2v) is 6.94. The van der Waals surface area contributed by atoms with Crippen molar-refractivity contribution in [3.05, 3.63) is 23.8 Å². The van der Waals surface area contributed by atoms with Gasteiger partial charge in [-0.1, -0.05) is 12.1 Å². The Labute approximate surface area is 111 Å². The van der Waals surface area contributed by atoms with Crippen molar-refractivity contribution in [3.8, 4) is 11.5 Å². The van der Waals surface area contributed by atoms with Crippen molar-refractivity contribution in [3.63, 3.8) is 0 Å². The lowest BCUT2D eigenvalue weighted by atomic mass is 10.1. The average molecular weight is 285 g/mol. The van der Waals surface area contributed by atoms with Gasteiger partial charge >= 0.3 is 0 Å². The normalized spacial score (nSPS) is 27.6. The number of benzene rings is 1. The van der Waals surface area contributed by atoms with Crippen LogP contribution in [0.3, 0.4) is 0 Å². The summed E-state index contributed by atoms with van der Waals surface area (Å²) < 4.78 is 33.4. The van der Waals surface area contributed by atoms with Gasteiger partial charge in [0.15, 0.2) is 21.3 Å². The van der Waals surface area contributed by atoms with Gasteiger partial charge in [0.1, 0.15) is 0 Å². The molecule has 19 heavy (non-hydrogen) atoms. The molecule has 0 spiro atoms. The Kier molecular flexibility index (Phi) is 3.12. The first-order valence-corrected chi connectivity index (χ1v) is 7.87. The summed E-state index contributed by atoms with van der Waals surface area (Å²) in [6, 6.07) is 5.13. The average Bonchev–Trinajstić information content (AvgIpc) is 2.90. The first-order chi connectivity index (χ1) is 9.05. The highest BCUT2D eigenvalue weighted by atomic mass is 32.2. The third-order valence-electron chi connectivity index (χ3n) is 3.36. The van der Waals surface area contributed by atoms with Crippen LogP contribution in [0.25, 0.3) is 0 Å². The minimum atomic E-state index is -3.13. The number of hydrogen-bond acceptors (Lipinski definition) is 6. The minimum Gasteiger partial charge on any atom is -0.454 e. The Morgan fingerprint density at radius 3 is 2.89 bits per heavy atom. The number of para-hydroxylation sites is 1. The van der Waals surface area contributed by atoms with Crippen LogP contribution in [0.5, 0.6) is 11.5 Å². The molecule has 0 radical (unpaired) electrons. The highest BCUT2D eigenvalue weighted by Gasteiger charge is 2.36. The SMILES string of the molecule is O=S1(=O)CC(O)C(NCc2cccc3c2OCO3)C1. The molecule has 104 valence electrons. The van der Waals surface area contributed by atoms with E-state index in [0.717, 1.165) is 5.56 Å². The van der Waals surface area contributed by atoms with Crippen LogP contribution in [0, 0.1) is 0 Å². The van der Waals surface area contributed by atoms with Gasteiger partial charge in [0, 0.05) is 18.2 Å². The molecule has 1 aromatic carbocycles. The van der Waals surface area contributed by atoms with Crippen molar-refractivity contribution in [1.82, 2.24) is 5.32 Å². The van der Waals surface area contributed by atoms with Crippen LogP contribution < -0.4 is 14.8 Å². The smallest absolute Gasteiger partial charge is 0.231 e. The van der Waals surface area contributed by atoms with Crippen molar-refractivity contribution in [2.45, 2.75) is 18.7 Å². The summed E-state index contributed by atoms with van der Waals surface area (Å²) in [6.07, 6.45) is -0.848. The van der Waals surface area contributed by atoms with Crippen molar-refractivity contribution >= 4 is 9.84 Å². The predicted octanol–water partition coefficient (Wildman–Crippen LogP) is -0.337. The molecule has 3 rings (SSSR count). The van der Waals surface area contributed by atoms with E-state index in [1.807, 2.05) is 18.2 Å². The van der Waals surface area contributed by atoms with Crippen molar-refractivity contribution in [2.24, 2.45) is 0 Å². The van der Waals surface area contributed by atoms with Gasteiger partial charge in [-0.15, -0.1) is 0 Å². The lowest BCUT2D eigenvalue weighted by Gasteiger charge is -2.15. The number of sulfone groups is 1. The first kappa shape index (κ1) is 12.7. The second-order valence-electron chi connectivity index (χ2n) is 4.78. The van der Waals surface area contributed by atoms with E-state index in [4.69, 9.17) is 9.47 Å². The summed E-state index contributed by atoms with van der Waals surface area (Å²) in [7, 11) is -3.13. The molecule has 0 amide bonds. The molecule has 1 aromatic rings. The van der Waals surface area contributed by atoms with Gasteiger partial charge in [0.05, 0.1) is 17.6 Å². The maximum absolute atomic E-state index is 11.4. The van der Waals surface area contributed by atoms with Crippen molar-refractivity contribution < 1.29 is 23.0 Å². The number of rotatable bonds is 3. The maximum atomic E-state index is 11.4. The highest BCUT2D eigenvalue weighted by Crippen LogP contribution is 2.35. The third-order valence-corrected chi connectivity index (χ3v) is 5.07. The van der Waals surface area contributed by atoms with Gasteiger partial charge < -0.3 is 19.9 Å². The molecule has 0 bridgehead atoms. The van der Waals surface area contributed by atoms with Crippen LogP contribution >= 0.6 is 0 Å². The second kappa shape index (κ2) is 4.66. The largest absolute Gasteiger partial charge is 0.454 e. The molecular formula is C12H15NO5S. The van der Waals surface area contributed by atoms with Crippen LogP contribution in [0.1, 0.15) is 5.56 Å². The van der Waals surface area contributed by atoms with E-state index in [1.165, 1.54) is 0 Å². The molecule has 0 saturated carbocycles. The molecule has 0 aliphatic carbocycles. The predicted molar refractivity (Wildman–Crippen MR) is 67.9 cm³/mol. The van der Waals surface area contributed by atoms with Gasteiger partial charge in [-0.3, -0.25) is 0 Å². The van der Waals surface area contributed by atoms with Gasteiger partial charge in [0.25, 0.3) is 0 Å². The molecule has 2 heterocycles. The zero-order valence-corrected chi connectivity index (χ0v) is 11.0. The molecule has 0 aromatic heterocycles. The Balaban J connectivity index is 1.69. The Morgan fingerprint density at radius 2 is 2.16 bits per heavy atom. The van der Waals surface area contributed by atoms with Crippen molar-refractivity contribution in [1.29, 1.82) is 0 Å². The van der Waals surface area contributed by atoms with E-state index < -0.39 is 22.0 Å². The lowest BCUT2D eigenvalue weighted by molar-refractivity contribution is 0.163. The molecule has 6 nitrogen and oxygen atoms in total. The molecule has 2 atom stereocenters. The quantitative estimate of drug-likeness (QED) is 0.790. The van der Waals surface area contributed by atoms with E-state index in [1.54, 1.807) is 0 Å². The Morgan fingerprint density at radius 1 is 1.32 bits per heavy atom. The summed E-state index contributed by atoms with van der Waals surface area (Å²) >= 11 is 0. The number of aliphatic hydroxyl groups excluding tert-OH is 1. The zero-order chi connectivity index (χ0) is 13.5. The van der Waals surface area contributed by atoms with Gasteiger partial charge in [0.2, 0.25) is 6.79 Å². The summed E-state index contributed by atoms with van der Waals surface area (Å²) in [4.78, 5) is 0. The number of fused-ring (bicyclic) bond motifs is 1. The van der Waals surface area contributed by atoms with E-state index in [2.05, 4.69) is 5.32 Å². The molecule has 2 N–H and O–H groups in total. The fourth-order valence-electron chi connectivity index (χ4n) is 2.39. The van der Waals surface area contributed by atoms with E-state index in [9.17, 15) is 13.5 Å². The standard InChI is InChI=1S/C12H15NO5S/c14-10-6-19(15,16)5-9(10)13-4-8-2-1-3-11-12(8)18-7-17-11/h1-3,9-10,13-14H,4-7H2. The number of nitrogens with one attached hydrogen (secondary N) is 1. The summed E-state index contributed by atoms with van der Waals surface area (Å²) in [5.74, 6) is 1.18. The minimum absolute atomic E-state index is 0.0272. The molecule has 7 heteroatoms. The van der Waals surface area contributed by atoms with Crippen LogP contribution in [0.15, 0.2) is 18.2 Å². The summed E-state index contributed by atoms with van der Waals surface area (Å²) in [6.45, 7) is 0.635. The Bertz CT molecular complexity index is 586.